The summed E-state index contributed by atoms with van der Waals surface area (Å²) in [5.74, 6) is 0.866. The molecule has 1 unspecified atom stereocenters. The normalized spacial score (nSPS) is 21.4. The van der Waals surface area contributed by atoms with E-state index < -0.39 is 0 Å². The van der Waals surface area contributed by atoms with E-state index in [1.807, 2.05) is 13.1 Å². The average molecular weight is 206 g/mol. The largest absolute Gasteiger partial charge is 0.330 e. The molecule has 1 aromatic heterocycles. The van der Waals surface area contributed by atoms with Crippen molar-refractivity contribution in [3.05, 3.63) is 23.3 Å². The van der Waals surface area contributed by atoms with Crippen LogP contribution in [-0.4, -0.2) is 35.0 Å². The lowest BCUT2D eigenvalue weighted by Crippen LogP contribution is -2.34. The van der Waals surface area contributed by atoms with E-state index in [-0.39, 0.29) is 0 Å². The first-order chi connectivity index (χ1) is 7.22. The number of hydrogen-bond acceptors (Lipinski definition) is 4. The molecule has 82 valence electrons. The molecule has 0 spiro atoms. The van der Waals surface area contributed by atoms with Gasteiger partial charge in [-0.3, -0.25) is 4.90 Å². The average Bonchev–Trinajstić information content (AvgIpc) is 2.22. The van der Waals surface area contributed by atoms with Crippen molar-refractivity contribution in [2.75, 3.05) is 20.1 Å². The van der Waals surface area contributed by atoms with Gasteiger partial charge < -0.3 is 5.73 Å². The van der Waals surface area contributed by atoms with Gasteiger partial charge in [0.15, 0.2) is 0 Å². The number of nitrogens with zero attached hydrogens (tertiary/aromatic N) is 3. The Labute approximate surface area is 90.5 Å². The molecular weight excluding hydrogens is 188 g/mol. The molecule has 0 amide bonds. The minimum atomic E-state index is 0.402. The molecule has 15 heavy (non-hydrogen) atoms. The molecule has 1 aliphatic rings. The molecule has 2 heterocycles. The Morgan fingerprint density at radius 3 is 3.13 bits per heavy atom. The Morgan fingerprint density at radius 1 is 1.60 bits per heavy atom. The molecule has 1 aliphatic heterocycles. The SMILES string of the molecule is Cc1ncc2c(n1)CCN(C)C2CCN. The van der Waals surface area contributed by atoms with Gasteiger partial charge in [-0.1, -0.05) is 0 Å². The molecular formula is C11H18N4. The predicted molar refractivity (Wildman–Crippen MR) is 59.5 cm³/mol. The first-order valence-corrected chi connectivity index (χ1v) is 5.45. The van der Waals surface area contributed by atoms with Crippen LogP contribution in [0.25, 0.3) is 0 Å². The smallest absolute Gasteiger partial charge is 0.125 e. The fourth-order valence-corrected chi connectivity index (χ4v) is 2.21. The number of likely N-dealkylation sites (N-methyl/N-ethyl adjacent to an activating group) is 1. The lowest BCUT2D eigenvalue weighted by molar-refractivity contribution is 0.219. The second-order valence-electron chi connectivity index (χ2n) is 4.14. The molecule has 0 aromatic carbocycles. The van der Waals surface area contributed by atoms with Crippen LogP contribution in [0.15, 0.2) is 6.20 Å². The van der Waals surface area contributed by atoms with Crippen molar-refractivity contribution in [3.8, 4) is 0 Å². The van der Waals surface area contributed by atoms with Gasteiger partial charge in [-0.25, -0.2) is 9.97 Å². The van der Waals surface area contributed by atoms with Crippen LogP contribution >= 0.6 is 0 Å². The molecule has 1 aromatic rings. The van der Waals surface area contributed by atoms with Crippen LogP contribution in [0.5, 0.6) is 0 Å². The number of aromatic nitrogens is 2. The second kappa shape index (κ2) is 4.24. The van der Waals surface area contributed by atoms with Gasteiger partial charge in [0.1, 0.15) is 5.82 Å². The minimum Gasteiger partial charge on any atom is -0.330 e. The van der Waals surface area contributed by atoms with Gasteiger partial charge in [-0.05, 0) is 26.9 Å². The zero-order valence-corrected chi connectivity index (χ0v) is 9.40. The maximum atomic E-state index is 5.64. The molecule has 0 radical (unpaired) electrons. The third kappa shape index (κ3) is 2.01. The van der Waals surface area contributed by atoms with Crippen LogP contribution < -0.4 is 5.73 Å². The lowest BCUT2D eigenvalue weighted by Gasteiger charge is -2.33. The van der Waals surface area contributed by atoms with Crippen molar-refractivity contribution in [2.24, 2.45) is 5.73 Å². The van der Waals surface area contributed by atoms with Crippen LogP contribution in [0.3, 0.4) is 0 Å². The highest BCUT2D eigenvalue weighted by Crippen LogP contribution is 2.28. The summed E-state index contributed by atoms with van der Waals surface area (Å²) in [6.45, 7) is 3.72. The quantitative estimate of drug-likeness (QED) is 0.772. The van der Waals surface area contributed by atoms with E-state index in [9.17, 15) is 0 Å². The highest BCUT2D eigenvalue weighted by molar-refractivity contribution is 5.24. The zero-order chi connectivity index (χ0) is 10.8. The van der Waals surface area contributed by atoms with Gasteiger partial charge in [0.05, 0.1) is 5.69 Å². The van der Waals surface area contributed by atoms with Gasteiger partial charge in [0.25, 0.3) is 0 Å². The highest BCUT2D eigenvalue weighted by atomic mass is 15.1. The molecule has 2 N–H and O–H groups in total. The van der Waals surface area contributed by atoms with Crippen LogP contribution in [0.4, 0.5) is 0 Å². The summed E-state index contributed by atoms with van der Waals surface area (Å²) in [7, 11) is 2.14. The summed E-state index contributed by atoms with van der Waals surface area (Å²) in [6, 6.07) is 0.402. The molecule has 0 saturated carbocycles. The fourth-order valence-electron chi connectivity index (χ4n) is 2.21. The van der Waals surface area contributed by atoms with Crippen molar-refractivity contribution in [3.63, 3.8) is 0 Å². The van der Waals surface area contributed by atoms with Crippen LogP contribution in [0, 0.1) is 6.92 Å². The number of hydrogen-bond donors (Lipinski definition) is 1. The van der Waals surface area contributed by atoms with Crippen molar-refractivity contribution in [1.29, 1.82) is 0 Å². The van der Waals surface area contributed by atoms with Crippen molar-refractivity contribution in [1.82, 2.24) is 14.9 Å². The predicted octanol–water partition coefficient (Wildman–Crippen LogP) is 0.663. The van der Waals surface area contributed by atoms with E-state index in [4.69, 9.17) is 5.73 Å². The number of fused-ring (bicyclic) bond motifs is 1. The Hall–Kier alpha value is -1.00. The van der Waals surface area contributed by atoms with Crippen molar-refractivity contribution in [2.45, 2.75) is 25.8 Å². The Balaban J connectivity index is 2.34. The molecule has 2 rings (SSSR count). The third-order valence-corrected chi connectivity index (χ3v) is 3.05. The summed E-state index contributed by atoms with van der Waals surface area (Å²) >= 11 is 0. The number of nitrogens with two attached hydrogens (primary N) is 1. The highest BCUT2D eigenvalue weighted by Gasteiger charge is 2.25. The fraction of sp³-hybridized carbons (Fsp3) is 0.636. The number of aryl methyl sites for hydroxylation is 1. The monoisotopic (exact) mass is 206 g/mol. The van der Waals surface area contributed by atoms with Crippen molar-refractivity contribution >= 4 is 0 Å². The summed E-state index contributed by atoms with van der Waals surface area (Å²) in [5, 5.41) is 0. The van der Waals surface area contributed by atoms with Gasteiger partial charge >= 0.3 is 0 Å². The van der Waals surface area contributed by atoms with Gasteiger partial charge in [0, 0.05) is 30.8 Å². The third-order valence-electron chi connectivity index (χ3n) is 3.05. The summed E-state index contributed by atoms with van der Waals surface area (Å²) in [4.78, 5) is 11.1. The van der Waals surface area contributed by atoms with Gasteiger partial charge in [-0.15, -0.1) is 0 Å². The van der Waals surface area contributed by atoms with E-state index in [1.54, 1.807) is 0 Å². The first-order valence-electron chi connectivity index (χ1n) is 5.45. The Kier molecular flexibility index (Phi) is 2.98. The standard InChI is InChI=1S/C11H18N4/c1-8-13-7-9-10(14-8)4-6-15(2)11(9)3-5-12/h7,11H,3-6,12H2,1-2H3. The minimum absolute atomic E-state index is 0.402. The summed E-state index contributed by atoms with van der Waals surface area (Å²) in [6.07, 6.45) is 3.97. The zero-order valence-electron chi connectivity index (χ0n) is 9.40. The van der Waals surface area contributed by atoms with Gasteiger partial charge in [-0.2, -0.15) is 0 Å². The first kappa shape index (κ1) is 10.5. The van der Waals surface area contributed by atoms with E-state index in [0.29, 0.717) is 12.6 Å². The van der Waals surface area contributed by atoms with Gasteiger partial charge in [0.2, 0.25) is 0 Å². The molecule has 1 atom stereocenters. The van der Waals surface area contributed by atoms with Crippen LogP contribution in [0.1, 0.15) is 29.5 Å². The molecule has 4 nitrogen and oxygen atoms in total. The van der Waals surface area contributed by atoms with Crippen LogP contribution in [0.2, 0.25) is 0 Å². The molecule has 0 fully saturated rings. The molecule has 0 aliphatic carbocycles. The topological polar surface area (TPSA) is 55.0 Å². The number of rotatable bonds is 2. The molecule has 0 saturated heterocycles. The molecule has 0 bridgehead atoms. The van der Waals surface area contributed by atoms with E-state index in [2.05, 4.69) is 21.9 Å². The van der Waals surface area contributed by atoms with Crippen molar-refractivity contribution < 1.29 is 0 Å². The molecule has 4 heteroatoms. The van der Waals surface area contributed by atoms with E-state index >= 15 is 0 Å². The Morgan fingerprint density at radius 2 is 2.40 bits per heavy atom. The Bertz CT molecular complexity index is 350. The maximum Gasteiger partial charge on any atom is 0.125 e. The maximum absolute atomic E-state index is 5.64. The van der Waals surface area contributed by atoms with E-state index in [0.717, 1.165) is 25.2 Å². The summed E-state index contributed by atoms with van der Waals surface area (Å²) in [5.41, 5.74) is 8.11. The second-order valence-corrected chi connectivity index (χ2v) is 4.14. The van der Waals surface area contributed by atoms with Crippen LogP contribution in [-0.2, 0) is 6.42 Å². The van der Waals surface area contributed by atoms with E-state index in [1.165, 1.54) is 11.3 Å². The summed E-state index contributed by atoms with van der Waals surface area (Å²) < 4.78 is 0. The lowest BCUT2D eigenvalue weighted by atomic mass is 9.96.